The summed E-state index contributed by atoms with van der Waals surface area (Å²) < 4.78 is 23.4. The molecule has 0 bridgehead atoms. The van der Waals surface area contributed by atoms with Gasteiger partial charge in [-0.15, -0.1) is 0 Å². The Balaban J connectivity index is 2.37. The van der Waals surface area contributed by atoms with Crippen molar-refractivity contribution in [2.24, 2.45) is 9.46 Å². The molecule has 1 heterocycles. The number of ketones is 2. The van der Waals surface area contributed by atoms with Crippen molar-refractivity contribution < 1.29 is 27.6 Å². The Morgan fingerprint density at radius 2 is 1.68 bits per heavy atom. The number of Topliss-reactive ketones (excluding diaryl/α,β-unsaturated/α-hetero) is 2. The van der Waals surface area contributed by atoms with Gasteiger partial charge in [0.05, 0.1) is 5.69 Å². The molecule has 0 saturated carbocycles. The van der Waals surface area contributed by atoms with Gasteiger partial charge in [0.2, 0.25) is 0 Å². The maximum Gasteiger partial charge on any atom is 0.323 e. The molecule has 0 aromatic heterocycles. The van der Waals surface area contributed by atoms with E-state index in [1.165, 1.54) is 31.2 Å². The maximum atomic E-state index is 11.7. The van der Waals surface area contributed by atoms with Crippen LogP contribution in [0.15, 0.2) is 33.7 Å². The minimum atomic E-state index is -2.87. The topological polar surface area (TPSA) is 130 Å². The summed E-state index contributed by atoms with van der Waals surface area (Å²) in [6.45, 7) is 1.29. The van der Waals surface area contributed by atoms with E-state index in [1.807, 2.05) is 0 Å². The SMILES string of the molecule is CC1=NN(c2ccc(C(=O)N=S(=O)=O)cc2)C(=O)C(=O)C1=O. The second-order valence-electron chi connectivity index (χ2n) is 4.12. The molecule has 0 atom stereocenters. The average molecular weight is 321 g/mol. The van der Waals surface area contributed by atoms with Gasteiger partial charge in [0.15, 0.2) is 0 Å². The Hall–Kier alpha value is -3.01. The summed E-state index contributed by atoms with van der Waals surface area (Å²) in [7, 11) is -2.87. The van der Waals surface area contributed by atoms with Crippen molar-refractivity contribution in [1.29, 1.82) is 0 Å². The molecule has 2 rings (SSSR count). The average Bonchev–Trinajstić information content (AvgIpc) is 2.48. The van der Waals surface area contributed by atoms with Crippen molar-refractivity contribution >= 4 is 45.3 Å². The molecule has 1 aromatic rings. The molecule has 1 aliphatic rings. The molecule has 22 heavy (non-hydrogen) atoms. The van der Waals surface area contributed by atoms with Gasteiger partial charge in [-0.3, -0.25) is 19.2 Å². The van der Waals surface area contributed by atoms with E-state index in [-0.39, 0.29) is 17.0 Å². The molecule has 0 aliphatic carbocycles. The third-order valence-electron chi connectivity index (χ3n) is 2.69. The van der Waals surface area contributed by atoms with Crippen LogP contribution in [-0.2, 0) is 24.9 Å². The zero-order valence-corrected chi connectivity index (χ0v) is 11.8. The van der Waals surface area contributed by atoms with Crippen LogP contribution in [0.2, 0.25) is 0 Å². The summed E-state index contributed by atoms with van der Waals surface area (Å²) in [6.07, 6.45) is 0. The quantitative estimate of drug-likeness (QED) is 0.690. The number of hydrogen-bond acceptors (Lipinski definition) is 7. The second kappa shape index (κ2) is 5.77. The van der Waals surface area contributed by atoms with Crippen molar-refractivity contribution in [3.8, 4) is 0 Å². The molecule has 10 heteroatoms. The van der Waals surface area contributed by atoms with E-state index < -0.39 is 33.9 Å². The predicted octanol–water partition coefficient (Wildman–Crippen LogP) is -0.250. The summed E-state index contributed by atoms with van der Waals surface area (Å²) in [5.74, 6) is -4.26. The van der Waals surface area contributed by atoms with Crippen LogP contribution in [0.3, 0.4) is 0 Å². The first-order chi connectivity index (χ1) is 10.3. The maximum absolute atomic E-state index is 11.7. The first-order valence-corrected chi connectivity index (χ1v) is 6.78. The lowest BCUT2D eigenvalue weighted by atomic mass is 10.1. The minimum absolute atomic E-state index is 0.0273. The van der Waals surface area contributed by atoms with E-state index in [9.17, 15) is 27.6 Å². The van der Waals surface area contributed by atoms with Gasteiger partial charge in [-0.2, -0.15) is 18.5 Å². The van der Waals surface area contributed by atoms with Crippen molar-refractivity contribution in [1.82, 2.24) is 0 Å². The highest BCUT2D eigenvalue weighted by Crippen LogP contribution is 2.19. The fraction of sp³-hybridized carbons (Fsp3) is 0.0833. The van der Waals surface area contributed by atoms with Crippen molar-refractivity contribution in [3.05, 3.63) is 29.8 Å². The second-order valence-corrected chi connectivity index (χ2v) is 4.74. The number of carbonyl (C=O) groups is 4. The van der Waals surface area contributed by atoms with Gasteiger partial charge in [-0.25, -0.2) is 0 Å². The molecule has 0 unspecified atom stereocenters. The summed E-state index contributed by atoms with van der Waals surface area (Å²) in [5, 5.41) is 4.44. The third kappa shape index (κ3) is 2.86. The monoisotopic (exact) mass is 321 g/mol. The number of anilines is 1. The van der Waals surface area contributed by atoms with Crippen molar-refractivity contribution in [2.75, 3.05) is 5.01 Å². The number of carbonyl (C=O) groups excluding carboxylic acids is 4. The third-order valence-corrected chi connectivity index (χ3v) is 3.00. The standard InChI is InChI=1S/C12H7N3O6S/c1-6-9(16)10(17)12(19)15(13-6)8-4-2-7(3-5-8)11(18)14-22(20)21/h2-5H,1H3. The fourth-order valence-corrected chi connectivity index (χ4v) is 1.88. The van der Waals surface area contributed by atoms with Crippen LogP contribution >= 0.6 is 0 Å². The lowest BCUT2D eigenvalue weighted by Crippen LogP contribution is -2.44. The van der Waals surface area contributed by atoms with E-state index in [0.29, 0.717) is 0 Å². The molecule has 0 N–H and O–H groups in total. The molecule has 0 spiro atoms. The molecule has 0 fully saturated rings. The number of amides is 2. The van der Waals surface area contributed by atoms with E-state index in [0.717, 1.165) is 5.01 Å². The Labute approximate surface area is 124 Å². The zero-order valence-electron chi connectivity index (χ0n) is 11.0. The molecular weight excluding hydrogens is 314 g/mol. The Kier molecular flexibility index (Phi) is 4.04. The van der Waals surface area contributed by atoms with Crippen molar-refractivity contribution in [3.63, 3.8) is 0 Å². The Bertz CT molecular complexity index is 859. The number of benzene rings is 1. The zero-order chi connectivity index (χ0) is 16.4. The first-order valence-electron chi connectivity index (χ1n) is 5.75. The molecule has 1 aliphatic heterocycles. The van der Waals surface area contributed by atoms with Crippen LogP contribution in [0.1, 0.15) is 17.3 Å². The van der Waals surface area contributed by atoms with Gasteiger partial charge < -0.3 is 0 Å². The van der Waals surface area contributed by atoms with Gasteiger partial charge in [0, 0.05) is 5.56 Å². The molecule has 0 saturated heterocycles. The highest BCUT2D eigenvalue weighted by atomic mass is 32.2. The largest absolute Gasteiger partial charge is 0.323 e. The summed E-state index contributed by atoms with van der Waals surface area (Å²) in [6, 6.07) is 4.97. The summed E-state index contributed by atoms with van der Waals surface area (Å²) in [5.41, 5.74) is -0.0213. The van der Waals surface area contributed by atoms with E-state index in [1.54, 1.807) is 0 Å². The molecule has 9 nitrogen and oxygen atoms in total. The number of nitrogens with zero attached hydrogens (tertiary/aromatic N) is 3. The number of hydrogen-bond donors (Lipinski definition) is 0. The highest BCUT2D eigenvalue weighted by molar-refractivity contribution is 7.62. The number of hydrazone groups is 1. The molecule has 0 radical (unpaired) electrons. The molecular formula is C12H7N3O6S. The van der Waals surface area contributed by atoms with Gasteiger partial charge >= 0.3 is 16.4 Å². The van der Waals surface area contributed by atoms with E-state index in [2.05, 4.69) is 9.46 Å². The predicted molar refractivity (Wildman–Crippen MR) is 72.7 cm³/mol. The first kappa shape index (κ1) is 15.4. The molecule has 2 amide bonds. The highest BCUT2D eigenvalue weighted by Gasteiger charge is 2.35. The van der Waals surface area contributed by atoms with E-state index in [4.69, 9.17) is 0 Å². The van der Waals surface area contributed by atoms with Crippen LogP contribution in [-0.4, -0.2) is 37.5 Å². The summed E-state index contributed by atoms with van der Waals surface area (Å²) in [4.78, 5) is 45.9. The van der Waals surface area contributed by atoms with Gasteiger partial charge in [0.1, 0.15) is 5.71 Å². The smallest absolute Gasteiger partial charge is 0.283 e. The van der Waals surface area contributed by atoms with Gasteiger partial charge in [-0.05, 0) is 31.2 Å². The van der Waals surface area contributed by atoms with Crippen LogP contribution in [0.25, 0.3) is 0 Å². The van der Waals surface area contributed by atoms with Crippen LogP contribution in [0.5, 0.6) is 0 Å². The lowest BCUT2D eigenvalue weighted by Gasteiger charge is -2.20. The number of rotatable bonds is 2. The molecule has 112 valence electrons. The normalized spacial score (nSPS) is 14.7. The Morgan fingerprint density at radius 1 is 1.09 bits per heavy atom. The van der Waals surface area contributed by atoms with E-state index >= 15 is 0 Å². The lowest BCUT2D eigenvalue weighted by molar-refractivity contribution is -0.142. The van der Waals surface area contributed by atoms with Crippen molar-refractivity contribution in [2.45, 2.75) is 6.92 Å². The molecule has 1 aromatic carbocycles. The van der Waals surface area contributed by atoms with Gasteiger partial charge in [-0.1, -0.05) is 4.36 Å². The minimum Gasteiger partial charge on any atom is -0.283 e. The van der Waals surface area contributed by atoms with Crippen LogP contribution in [0.4, 0.5) is 5.69 Å². The van der Waals surface area contributed by atoms with Crippen LogP contribution < -0.4 is 5.01 Å². The summed E-state index contributed by atoms with van der Waals surface area (Å²) >= 11 is 0. The van der Waals surface area contributed by atoms with Gasteiger partial charge in [0.25, 0.3) is 17.5 Å². The Morgan fingerprint density at radius 3 is 2.23 bits per heavy atom. The fourth-order valence-electron chi connectivity index (χ4n) is 1.64. The van der Waals surface area contributed by atoms with Crippen LogP contribution in [0, 0.1) is 0 Å².